The first-order valence-corrected chi connectivity index (χ1v) is 6.56. The van der Waals surface area contributed by atoms with Gasteiger partial charge in [-0.05, 0) is 36.4 Å². The summed E-state index contributed by atoms with van der Waals surface area (Å²) in [4.78, 5) is 0. The Kier molecular flexibility index (Phi) is 3.60. The number of rotatable bonds is 4. The highest BCUT2D eigenvalue weighted by Crippen LogP contribution is 2.28. The van der Waals surface area contributed by atoms with Crippen molar-refractivity contribution in [3.63, 3.8) is 0 Å². The van der Waals surface area contributed by atoms with E-state index in [0.717, 1.165) is 34.1 Å². The maximum Gasteiger partial charge on any atom is 0.167 e. The molecule has 1 aromatic heterocycles. The maximum absolute atomic E-state index is 5.42. The van der Waals surface area contributed by atoms with E-state index in [1.165, 1.54) is 0 Å². The number of nitrogens with zero attached hydrogens (tertiary/aromatic N) is 1. The Labute approximate surface area is 122 Å². The summed E-state index contributed by atoms with van der Waals surface area (Å²) < 4.78 is 15.8. The van der Waals surface area contributed by atoms with Crippen LogP contribution >= 0.6 is 0 Å². The molecular weight excluding hydrogens is 266 g/mol. The van der Waals surface area contributed by atoms with Gasteiger partial charge < -0.3 is 14.0 Å². The van der Waals surface area contributed by atoms with Crippen LogP contribution in [0.5, 0.6) is 11.5 Å². The Morgan fingerprint density at radius 2 is 1.57 bits per heavy atom. The Bertz CT molecular complexity index is 732. The first kappa shape index (κ1) is 13.2. The summed E-state index contributed by atoms with van der Waals surface area (Å²) in [5.74, 6) is 2.32. The van der Waals surface area contributed by atoms with Crippen molar-refractivity contribution < 1.29 is 14.0 Å². The van der Waals surface area contributed by atoms with E-state index in [0.29, 0.717) is 0 Å². The van der Waals surface area contributed by atoms with E-state index in [-0.39, 0.29) is 0 Å². The van der Waals surface area contributed by atoms with Crippen LogP contribution in [-0.4, -0.2) is 19.4 Å². The largest absolute Gasteiger partial charge is 0.497 e. The molecule has 1 heterocycles. The van der Waals surface area contributed by atoms with Crippen molar-refractivity contribution in [2.24, 2.45) is 0 Å². The molecule has 3 rings (SSSR count). The second kappa shape index (κ2) is 5.71. The topological polar surface area (TPSA) is 44.5 Å². The van der Waals surface area contributed by atoms with Crippen LogP contribution < -0.4 is 9.47 Å². The highest BCUT2D eigenvalue weighted by atomic mass is 16.5. The molecule has 4 heteroatoms. The van der Waals surface area contributed by atoms with Crippen molar-refractivity contribution in [3.8, 4) is 34.1 Å². The average Bonchev–Trinajstić information content (AvgIpc) is 3.05. The predicted octanol–water partition coefficient (Wildman–Crippen LogP) is 4.03. The number of aromatic nitrogens is 1. The van der Waals surface area contributed by atoms with E-state index in [1.54, 1.807) is 14.2 Å². The summed E-state index contributed by atoms with van der Waals surface area (Å²) in [6, 6.07) is 17.3. The molecule has 2 aromatic carbocycles. The van der Waals surface area contributed by atoms with Crippen molar-refractivity contribution in [3.05, 3.63) is 54.6 Å². The van der Waals surface area contributed by atoms with Gasteiger partial charge in [-0.3, -0.25) is 0 Å². The molecule has 0 aliphatic carbocycles. The molecule has 0 fully saturated rings. The molecule has 0 aliphatic heterocycles. The molecule has 0 saturated carbocycles. The molecule has 0 atom stereocenters. The molecule has 0 aliphatic rings. The minimum Gasteiger partial charge on any atom is -0.497 e. The van der Waals surface area contributed by atoms with Crippen molar-refractivity contribution in [1.29, 1.82) is 0 Å². The third-order valence-corrected chi connectivity index (χ3v) is 3.25. The van der Waals surface area contributed by atoms with E-state index >= 15 is 0 Å². The molecule has 0 unspecified atom stereocenters. The van der Waals surface area contributed by atoms with Gasteiger partial charge in [0.25, 0.3) is 0 Å². The zero-order valence-electron chi connectivity index (χ0n) is 11.9. The van der Waals surface area contributed by atoms with Gasteiger partial charge in [0, 0.05) is 17.2 Å². The minimum absolute atomic E-state index is 0.718. The zero-order chi connectivity index (χ0) is 14.7. The van der Waals surface area contributed by atoms with Crippen LogP contribution in [0.4, 0.5) is 0 Å². The quantitative estimate of drug-likeness (QED) is 0.724. The summed E-state index contributed by atoms with van der Waals surface area (Å²) in [6.07, 6.45) is 0. The first-order valence-electron chi connectivity index (χ1n) is 6.56. The van der Waals surface area contributed by atoms with Gasteiger partial charge in [0.1, 0.15) is 17.2 Å². The molecule has 0 bridgehead atoms. The lowest BCUT2D eigenvalue weighted by molar-refractivity contribution is 0.414. The monoisotopic (exact) mass is 281 g/mol. The second-order valence-electron chi connectivity index (χ2n) is 4.54. The van der Waals surface area contributed by atoms with Crippen LogP contribution in [0.25, 0.3) is 22.6 Å². The third-order valence-electron chi connectivity index (χ3n) is 3.25. The van der Waals surface area contributed by atoms with Gasteiger partial charge in [0.15, 0.2) is 5.76 Å². The fourth-order valence-corrected chi connectivity index (χ4v) is 2.08. The van der Waals surface area contributed by atoms with Gasteiger partial charge in [-0.1, -0.05) is 17.3 Å². The van der Waals surface area contributed by atoms with Crippen LogP contribution in [0.3, 0.4) is 0 Å². The smallest absolute Gasteiger partial charge is 0.167 e. The molecule has 21 heavy (non-hydrogen) atoms. The van der Waals surface area contributed by atoms with E-state index < -0.39 is 0 Å². The average molecular weight is 281 g/mol. The van der Waals surface area contributed by atoms with E-state index in [4.69, 9.17) is 14.0 Å². The van der Waals surface area contributed by atoms with Crippen LogP contribution in [0.2, 0.25) is 0 Å². The van der Waals surface area contributed by atoms with Gasteiger partial charge in [-0.2, -0.15) is 0 Å². The maximum atomic E-state index is 5.42. The molecule has 0 amide bonds. The molecular formula is C17H15NO3. The van der Waals surface area contributed by atoms with Gasteiger partial charge in [0.2, 0.25) is 0 Å². The van der Waals surface area contributed by atoms with Crippen molar-refractivity contribution in [1.82, 2.24) is 5.16 Å². The molecule has 0 N–H and O–H groups in total. The normalized spacial score (nSPS) is 10.4. The van der Waals surface area contributed by atoms with Crippen LogP contribution in [0, 0.1) is 0 Å². The summed E-state index contributed by atoms with van der Waals surface area (Å²) >= 11 is 0. The lowest BCUT2D eigenvalue weighted by Gasteiger charge is -2.00. The number of benzene rings is 2. The SMILES string of the molecule is COc1ccc(-c2cc(-c3cccc(OC)c3)no2)cc1. The van der Waals surface area contributed by atoms with Crippen molar-refractivity contribution >= 4 is 0 Å². The van der Waals surface area contributed by atoms with Gasteiger partial charge >= 0.3 is 0 Å². The van der Waals surface area contributed by atoms with Crippen LogP contribution in [0.1, 0.15) is 0 Å². The van der Waals surface area contributed by atoms with Crippen LogP contribution in [-0.2, 0) is 0 Å². The van der Waals surface area contributed by atoms with Gasteiger partial charge in [-0.25, -0.2) is 0 Å². The number of methoxy groups -OCH3 is 2. The first-order chi connectivity index (χ1) is 10.3. The Morgan fingerprint density at radius 1 is 0.810 bits per heavy atom. The molecule has 0 spiro atoms. The summed E-state index contributed by atoms with van der Waals surface area (Å²) in [5, 5.41) is 4.12. The van der Waals surface area contributed by atoms with Crippen molar-refractivity contribution in [2.75, 3.05) is 14.2 Å². The molecule has 4 nitrogen and oxygen atoms in total. The summed E-state index contributed by atoms with van der Waals surface area (Å²) in [7, 11) is 3.29. The molecule has 0 saturated heterocycles. The fourth-order valence-electron chi connectivity index (χ4n) is 2.08. The standard InChI is InChI=1S/C17H15NO3/c1-19-14-8-6-12(7-9-14)17-11-16(18-21-17)13-4-3-5-15(10-13)20-2/h3-11H,1-2H3. The molecule has 3 aromatic rings. The lowest BCUT2D eigenvalue weighted by atomic mass is 10.1. The van der Waals surface area contributed by atoms with Gasteiger partial charge in [0.05, 0.1) is 14.2 Å². The van der Waals surface area contributed by atoms with Crippen molar-refractivity contribution in [2.45, 2.75) is 0 Å². The number of hydrogen-bond acceptors (Lipinski definition) is 4. The number of hydrogen-bond donors (Lipinski definition) is 0. The Hall–Kier alpha value is -2.75. The Morgan fingerprint density at radius 3 is 2.29 bits per heavy atom. The highest BCUT2D eigenvalue weighted by Gasteiger charge is 2.09. The minimum atomic E-state index is 0.718. The highest BCUT2D eigenvalue weighted by molar-refractivity contribution is 5.67. The molecule has 106 valence electrons. The lowest BCUT2D eigenvalue weighted by Crippen LogP contribution is -1.83. The predicted molar refractivity (Wildman–Crippen MR) is 80.5 cm³/mol. The van der Waals surface area contributed by atoms with E-state index in [1.807, 2.05) is 54.6 Å². The fraction of sp³-hybridized carbons (Fsp3) is 0.118. The number of ether oxygens (including phenoxy) is 2. The Balaban J connectivity index is 1.91. The van der Waals surface area contributed by atoms with Gasteiger partial charge in [-0.15, -0.1) is 0 Å². The zero-order valence-corrected chi connectivity index (χ0v) is 11.9. The summed E-state index contributed by atoms with van der Waals surface area (Å²) in [6.45, 7) is 0. The summed E-state index contributed by atoms with van der Waals surface area (Å²) in [5.41, 5.74) is 2.69. The molecule has 0 radical (unpaired) electrons. The van der Waals surface area contributed by atoms with E-state index in [9.17, 15) is 0 Å². The third kappa shape index (κ3) is 2.74. The van der Waals surface area contributed by atoms with E-state index in [2.05, 4.69) is 5.16 Å². The second-order valence-corrected chi connectivity index (χ2v) is 4.54. The van der Waals surface area contributed by atoms with Crippen LogP contribution in [0.15, 0.2) is 59.1 Å².